The molecule has 3 nitrogen and oxygen atoms in total. The van der Waals surface area contributed by atoms with Gasteiger partial charge in [-0.25, -0.2) is 0 Å². The van der Waals surface area contributed by atoms with Gasteiger partial charge in [-0.15, -0.1) is 0 Å². The smallest absolute Gasteiger partial charge is 0.120 e. The number of benzene rings is 1. The molecule has 1 aromatic rings. The number of hydrogen-bond acceptors (Lipinski definition) is 3. The van der Waals surface area contributed by atoms with Crippen LogP contribution in [-0.2, 0) is 0 Å². The normalized spacial score (nSPS) is 10.1. The molecule has 0 heterocycles. The van der Waals surface area contributed by atoms with Gasteiger partial charge in [-0.3, -0.25) is 11.3 Å². The molecule has 0 spiro atoms. The second-order valence-corrected chi connectivity index (χ2v) is 3.12. The maximum atomic E-state index is 5.91. The summed E-state index contributed by atoms with van der Waals surface area (Å²) >= 11 is 5.91. The number of nitrogens with one attached hydrogen (secondary N) is 1. The second kappa shape index (κ2) is 5.07. The summed E-state index contributed by atoms with van der Waals surface area (Å²) in [6.45, 7) is 3.11. The van der Waals surface area contributed by atoms with Crippen molar-refractivity contribution in [3.63, 3.8) is 0 Å². The number of ether oxygens (including phenoxy) is 1. The minimum Gasteiger partial charge on any atom is -0.492 e. The van der Waals surface area contributed by atoms with Crippen LogP contribution in [0, 0.1) is 6.92 Å². The highest BCUT2D eigenvalue weighted by Gasteiger charge is 1.97. The Morgan fingerprint density at radius 2 is 2.31 bits per heavy atom. The fourth-order valence-corrected chi connectivity index (χ4v) is 1.06. The molecule has 0 radical (unpaired) electrons. The Bertz CT molecular complexity index is 278. The second-order valence-electron chi connectivity index (χ2n) is 2.71. The van der Waals surface area contributed by atoms with Crippen molar-refractivity contribution in [2.75, 3.05) is 13.2 Å². The summed E-state index contributed by atoms with van der Waals surface area (Å²) in [6.07, 6.45) is 0. The van der Waals surface area contributed by atoms with E-state index in [1.165, 1.54) is 0 Å². The van der Waals surface area contributed by atoms with Gasteiger partial charge in [0.05, 0.1) is 0 Å². The number of hydrogen-bond donors (Lipinski definition) is 2. The summed E-state index contributed by atoms with van der Waals surface area (Å²) < 4.78 is 5.36. The van der Waals surface area contributed by atoms with Crippen LogP contribution in [0.5, 0.6) is 5.75 Å². The Labute approximate surface area is 82.8 Å². The van der Waals surface area contributed by atoms with Crippen molar-refractivity contribution >= 4 is 11.6 Å². The van der Waals surface area contributed by atoms with Crippen molar-refractivity contribution in [2.24, 2.45) is 5.84 Å². The van der Waals surface area contributed by atoms with E-state index >= 15 is 0 Å². The standard InChI is InChI=1S/C9H13ClN2O/c1-7-2-3-8(6-9(7)10)13-5-4-12-11/h2-3,6,12H,4-5,11H2,1H3. The van der Waals surface area contributed by atoms with Crippen molar-refractivity contribution in [3.8, 4) is 5.75 Å². The predicted octanol–water partition coefficient (Wildman–Crippen LogP) is 1.49. The lowest BCUT2D eigenvalue weighted by atomic mass is 10.2. The van der Waals surface area contributed by atoms with Crippen LogP contribution < -0.4 is 16.0 Å². The first kappa shape index (κ1) is 10.3. The number of hydrazine groups is 1. The molecule has 1 aromatic carbocycles. The van der Waals surface area contributed by atoms with Gasteiger partial charge >= 0.3 is 0 Å². The Kier molecular flexibility index (Phi) is 4.02. The van der Waals surface area contributed by atoms with E-state index in [0.717, 1.165) is 16.3 Å². The zero-order valence-corrected chi connectivity index (χ0v) is 8.27. The van der Waals surface area contributed by atoms with Gasteiger partial charge in [-0.05, 0) is 24.6 Å². The minimum absolute atomic E-state index is 0.538. The molecule has 72 valence electrons. The molecule has 0 saturated heterocycles. The van der Waals surface area contributed by atoms with Crippen molar-refractivity contribution in [3.05, 3.63) is 28.8 Å². The molecule has 0 amide bonds. The van der Waals surface area contributed by atoms with Gasteiger partial charge in [0, 0.05) is 11.6 Å². The minimum atomic E-state index is 0.538. The first-order valence-electron chi connectivity index (χ1n) is 4.06. The highest BCUT2D eigenvalue weighted by atomic mass is 35.5. The molecule has 0 aliphatic heterocycles. The first-order chi connectivity index (χ1) is 6.24. The number of rotatable bonds is 4. The summed E-state index contributed by atoms with van der Waals surface area (Å²) in [5.74, 6) is 5.86. The molecule has 13 heavy (non-hydrogen) atoms. The van der Waals surface area contributed by atoms with Crippen LogP contribution in [0.15, 0.2) is 18.2 Å². The molecule has 1 rings (SSSR count). The van der Waals surface area contributed by atoms with E-state index in [1.807, 2.05) is 19.1 Å². The molecule has 0 bridgehead atoms. The summed E-state index contributed by atoms with van der Waals surface area (Å²) in [6, 6.07) is 5.61. The Hall–Kier alpha value is -0.770. The lowest BCUT2D eigenvalue weighted by Gasteiger charge is -2.06. The molecule has 0 atom stereocenters. The van der Waals surface area contributed by atoms with E-state index in [-0.39, 0.29) is 0 Å². The van der Waals surface area contributed by atoms with E-state index in [2.05, 4.69) is 5.43 Å². The van der Waals surface area contributed by atoms with Gasteiger partial charge in [0.2, 0.25) is 0 Å². The van der Waals surface area contributed by atoms with Crippen LogP contribution in [0.25, 0.3) is 0 Å². The average molecular weight is 201 g/mol. The van der Waals surface area contributed by atoms with E-state index in [9.17, 15) is 0 Å². The Morgan fingerprint density at radius 1 is 1.54 bits per heavy atom. The largest absolute Gasteiger partial charge is 0.492 e. The predicted molar refractivity (Wildman–Crippen MR) is 53.9 cm³/mol. The van der Waals surface area contributed by atoms with Crippen molar-refractivity contribution < 1.29 is 4.74 Å². The number of halogens is 1. The number of nitrogens with two attached hydrogens (primary N) is 1. The highest BCUT2D eigenvalue weighted by Crippen LogP contribution is 2.21. The van der Waals surface area contributed by atoms with Crippen LogP contribution in [0.2, 0.25) is 5.02 Å². The molecule has 0 fully saturated rings. The van der Waals surface area contributed by atoms with Crippen molar-refractivity contribution in [1.82, 2.24) is 5.43 Å². The molecular weight excluding hydrogens is 188 g/mol. The summed E-state index contributed by atoms with van der Waals surface area (Å²) in [5, 5.41) is 0.721. The average Bonchev–Trinajstić information content (AvgIpc) is 2.12. The fourth-order valence-electron chi connectivity index (χ4n) is 0.891. The van der Waals surface area contributed by atoms with Crippen molar-refractivity contribution in [2.45, 2.75) is 6.92 Å². The lowest BCUT2D eigenvalue weighted by molar-refractivity contribution is 0.315. The van der Waals surface area contributed by atoms with Gasteiger partial charge in [0.1, 0.15) is 12.4 Å². The van der Waals surface area contributed by atoms with Gasteiger partial charge in [-0.1, -0.05) is 17.7 Å². The van der Waals surface area contributed by atoms with E-state index in [0.29, 0.717) is 13.2 Å². The Balaban J connectivity index is 2.53. The topological polar surface area (TPSA) is 47.3 Å². The maximum absolute atomic E-state index is 5.91. The van der Waals surface area contributed by atoms with Crippen LogP contribution in [0.1, 0.15) is 5.56 Å². The number of aryl methyl sites for hydroxylation is 1. The van der Waals surface area contributed by atoms with Gasteiger partial charge in [-0.2, -0.15) is 0 Å². The van der Waals surface area contributed by atoms with Gasteiger partial charge in [0.15, 0.2) is 0 Å². The third-order valence-corrected chi connectivity index (χ3v) is 2.07. The summed E-state index contributed by atoms with van der Waals surface area (Å²) in [4.78, 5) is 0. The molecule has 4 heteroatoms. The molecule has 0 unspecified atom stereocenters. The maximum Gasteiger partial charge on any atom is 0.120 e. The zero-order valence-electron chi connectivity index (χ0n) is 7.51. The quantitative estimate of drug-likeness (QED) is 0.440. The zero-order chi connectivity index (χ0) is 9.68. The van der Waals surface area contributed by atoms with Crippen LogP contribution >= 0.6 is 11.6 Å². The van der Waals surface area contributed by atoms with Crippen LogP contribution in [0.3, 0.4) is 0 Å². The van der Waals surface area contributed by atoms with Crippen molar-refractivity contribution in [1.29, 1.82) is 0 Å². The molecular formula is C9H13ClN2O. The highest BCUT2D eigenvalue weighted by molar-refractivity contribution is 6.31. The Morgan fingerprint density at radius 3 is 2.92 bits per heavy atom. The lowest BCUT2D eigenvalue weighted by Crippen LogP contribution is -2.27. The molecule has 0 aliphatic rings. The van der Waals surface area contributed by atoms with Crippen LogP contribution in [-0.4, -0.2) is 13.2 Å². The van der Waals surface area contributed by atoms with E-state index in [1.54, 1.807) is 6.07 Å². The monoisotopic (exact) mass is 200 g/mol. The fraction of sp³-hybridized carbons (Fsp3) is 0.333. The molecule has 0 aromatic heterocycles. The summed E-state index contributed by atoms with van der Waals surface area (Å²) in [7, 11) is 0. The SMILES string of the molecule is Cc1ccc(OCCNN)cc1Cl. The molecule has 0 saturated carbocycles. The third kappa shape index (κ3) is 3.22. The van der Waals surface area contributed by atoms with Gasteiger partial charge < -0.3 is 4.74 Å². The van der Waals surface area contributed by atoms with Gasteiger partial charge in [0.25, 0.3) is 0 Å². The third-order valence-electron chi connectivity index (χ3n) is 1.66. The summed E-state index contributed by atoms with van der Waals surface area (Å²) in [5.41, 5.74) is 3.55. The van der Waals surface area contributed by atoms with E-state index < -0.39 is 0 Å². The first-order valence-corrected chi connectivity index (χ1v) is 4.44. The van der Waals surface area contributed by atoms with Crippen LogP contribution in [0.4, 0.5) is 0 Å². The molecule has 3 N–H and O–H groups in total. The van der Waals surface area contributed by atoms with E-state index in [4.69, 9.17) is 22.2 Å². The molecule has 0 aliphatic carbocycles.